The molecule has 2 aliphatic rings. The molecule has 0 radical (unpaired) electrons. The number of amides is 3. The van der Waals surface area contributed by atoms with Crippen LogP contribution < -0.4 is 14.5 Å². The second-order valence-electron chi connectivity index (χ2n) is 8.89. The number of ether oxygens (including phenoxy) is 1. The highest BCUT2D eigenvalue weighted by atomic mass is 16.5. The van der Waals surface area contributed by atoms with E-state index in [0.29, 0.717) is 49.6 Å². The maximum atomic E-state index is 14.0. The molecular formula is C26H25N7O3. The summed E-state index contributed by atoms with van der Waals surface area (Å²) in [6.45, 7) is 3.89. The van der Waals surface area contributed by atoms with Crippen LogP contribution in [0.4, 0.5) is 16.4 Å². The topological polar surface area (TPSA) is 116 Å². The number of aromatic nitrogens is 3. The normalized spacial score (nSPS) is 17.5. The molecule has 2 fully saturated rings. The van der Waals surface area contributed by atoms with Crippen molar-refractivity contribution in [2.24, 2.45) is 0 Å². The van der Waals surface area contributed by atoms with Crippen molar-refractivity contribution in [3.05, 3.63) is 71.7 Å². The van der Waals surface area contributed by atoms with Gasteiger partial charge in [-0.15, -0.1) is 0 Å². The zero-order valence-electron chi connectivity index (χ0n) is 20.1. The Kier molecular flexibility index (Phi) is 6.08. The molecule has 0 atom stereocenters. The summed E-state index contributed by atoms with van der Waals surface area (Å²) < 4.78 is 5.25. The fraction of sp³-hybridized carbons (Fsp3) is 0.308. The van der Waals surface area contributed by atoms with E-state index in [9.17, 15) is 9.59 Å². The predicted octanol–water partition coefficient (Wildman–Crippen LogP) is 3.07. The number of aryl methyl sites for hydroxylation is 1. The number of carbonyl (C=O) groups is 2. The van der Waals surface area contributed by atoms with Gasteiger partial charge in [-0.05, 0) is 55.7 Å². The number of hydrogen-bond donors (Lipinski definition) is 0. The fourth-order valence-corrected chi connectivity index (χ4v) is 4.83. The molecule has 2 aliphatic heterocycles. The largest absolute Gasteiger partial charge is 0.481 e. The van der Waals surface area contributed by atoms with Gasteiger partial charge in [-0.25, -0.2) is 19.6 Å². The van der Waals surface area contributed by atoms with Gasteiger partial charge in [0.15, 0.2) is 0 Å². The van der Waals surface area contributed by atoms with Crippen molar-refractivity contribution < 1.29 is 14.3 Å². The molecule has 1 spiro atoms. The lowest BCUT2D eigenvalue weighted by molar-refractivity contribution is -0.123. The van der Waals surface area contributed by atoms with Gasteiger partial charge in [-0.1, -0.05) is 6.07 Å². The van der Waals surface area contributed by atoms with Crippen LogP contribution >= 0.6 is 0 Å². The molecule has 4 heterocycles. The summed E-state index contributed by atoms with van der Waals surface area (Å²) in [6.07, 6.45) is 4.12. The number of anilines is 2. The van der Waals surface area contributed by atoms with Gasteiger partial charge in [-0.2, -0.15) is 10.2 Å². The number of imide groups is 1. The average Bonchev–Trinajstić information content (AvgIpc) is 3.12. The second-order valence-corrected chi connectivity index (χ2v) is 8.89. The predicted molar refractivity (Wildman–Crippen MR) is 131 cm³/mol. The number of urea groups is 1. The highest BCUT2D eigenvalue weighted by Gasteiger charge is 2.60. The van der Waals surface area contributed by atoms with E-state index in [0.717, 1.165) is 11.3 Å². The van der Waals surface area contributed by atoms with Crippen LogP contribution in [0.25, 0.3) is 0 Å². The summed E-state index contributed by atoms with van der Waals surface area (Å²) in [4.78, 5) is 45.8. The van der Waals surface area contributed by atoms with E-state index in [1.165, 1.54) is 23.1 Å². The molecule has 10 nitrogen and oxygen atoms in total. The second kappa shape index (κ2) is 9.36. The Labute approximate surface area is 208 Å². The minimum Gasteiger partial charge on any atom is -0.481 e. The van der Waals surface area contributed by atoms with Crippen molar-refractivity contribution in [2.45, 2.75) is 31.8 Å². The van der Waals surface area contributed by atoms with Crippen LogP contribution in [0.3, 0.4) is 0 Å². The van der Waals surface area contributed by atoms with Crippen LogP contribution in [-0.4, -0.2) is 57.5 Å². The number of rotatable bonds is 5. The number of likely N-dealkylation sites (tertiary alicyclic amines) is 1. The van der Waals surface area contributed by atoms with Gasteiger partial charge in [0, 0.05) is 38.1 Å². The molecule has 5 rings (SSSR count). The van der Waals surface area contributed by atoms with Crippen molar-refractivity contribution in [1.29, 1.82) is 5.26 Å². The van der Waals surface area contributed by atoms with Gasteiger partial charge < -0.3 is 4.74 Å². The van der Waals surface area contributed by atoms with E-state index in [-0.39, 0.29) is 11.9 Å². The third kappa shape index (κ3) is 3.93. The Morgan fingerprint density at radius 3 is 2.47 bits per heavy atom. The van der Waals surface area contributed by atoms with E-state index < -0.39 is 11.6 Å². The first-order chi connectivity index (χ1) is 17.5. The maximum Gasteiger partial charge on any atom is 0.339 e. The minimum atomic E-state index is -1.13. The lowest BCUT2D eigenvalue weighted by atomic mass is 9.85. The Balaban J connectivity index is 1.49. The van der Waals surface area contributed by atoms with Crippen molar-refractivity contribution in [2.75, 3.05) is 30.0 Å². The quantitative estimate of drug-likeness (QED) is 0.509. The molecule has 182 valence electrons. The Morgan fingerprint density at radius 1 is 1.06 bits per heavy atom. The Bertz CT molecular complexity index is 1340. The number of pyridine rings is 1. The first-order valence-corrected chi connectivity index (χ1v) is 11.7. The Morgan fingerprint density at radius 2 is 1.81 bits per heavy atom. The SMILES string of the molecule is COc1ccnc(N2C(=O)N(c3ccc(C#N)cc3)C(=O)C23CCN(Cc2ncccc2C)CC3)n1. The summed E-state index contributed by atoms with van der Waals surface area (Å²) >= 11 is 0. The zero-order chi connectivity index (χ0) is 25.3. The van der Waals surface area contributed by atoms with Crippen LogP contribution in [-0.2, 0) is 11.3 Å². The molecular weight excluding hydrogens is 458 g/mol. The van der Waals surface area contributed by atoms with Gasteiger partial charge in [0.2, 0.25) is 11.8 Å². The molecule has 0 bridgehead atoms. The molecule has 10 heteroatoms. The molecule has 0 aliphatic carbocycles. The lowest BCUT2D eigenvalue weighted by Gasteiger charge is -2.41. The number of carbonyl (C=O) groups excluding carboxylic acids is 2. The van der Waals surface area contributed by atoms with Gasteiger partial charge >= 0.3 is 6.03 Å². The van der Waals surface area contributed by atoms with Crippen LogP contribution in [0.15, 0.2) is 54.9 Å². The van der Waals surface area contributed by atoms with Crippen molar-refractivity contribution >= 4 is 23.6 Å². The van der Waals surface area contributed by atoms with E-state index >= 15 is 0 Å². The van der Waals surface area contributed by atoms with E-state index in [4.69, 9.17) is 10.00 Å². The van der Waals surface area contributed by atoms with Gasteiger partial charge in [-0.3, -0.25) is 14.7 Å². The molecule has 0 N–H and O–H groups in total. The number of nitrogens with zero attached hydrogens (tertiary/aromatic N) is 7. The minimum absolute atomic E-state index is 0.123. The van der Waals surface area contributed by atoms with Crippen molar-refractivity contribution in [3.63, 3.8) is 0 Å². The first kappa shape index (κ1) is 23.4. The molecule has 3 aromatic rings. The fourth-order valence-electron chi connectivity index (χ4n) is 4.83. The van der Waals surface area contributed by atoms with E-state index in [2.05, 4.69) is 25.9 Å². The molecule has 2 saturated heterocycles. The van der Waals surface area contributed by atoms with Gasteiger partial charge in [0.05, 0.1) is 30.1 Å². The first-order valence-electron chi connectivity index (χ1n) is 11.7. The molecule has 36 heavy (non-hydrogen) atoms. The van der Waals surface area contributed by atoms with Gasteiger partial charge in [0.1, 0.15) is 5.54 Å². The van der Waals surface area contributed by atoms with Crippen LogP contribution in [0.5, 0.6) is 5.88 Å². The number of piperidine rings is 1. The van der Waals surface area contributed by atoms with E-state index in [1.807, 2.05) is 19.1 Å². The molecule has 0 saturated carbocycles. The van der Waals surface area contributed by atoms with Crippen molar-refractivity contribution in [1.82, 2.24) is 19.9 Å². The Hall–Kier alpha value is -4.36. The third-order valence-electron chi connectivity index (χ3n) is 6.87. The highest BCUT2D eigenvalue weighted by molar-refractivity contribution is 6.30. The summed E-state index contributed by atoms with van der Waals surface area (Å²) in [6, 6.07) is 13.5. The number of methoxy groups -OCH3 is 1. The summed E-state index contributed by atoms with van der Waals surface area (Å²) in [7, 11) is 1.49. The highest BCUT2D eigenvalue weighted by Crippen LogP contribution is 2.41. The molecule has 3 amide bonds. The number of nitriles is 1. The summed E-state index contributed by atoms with van der Waals surface area (Å²) in [5, 5.41) is 9.14. The van der Waals surface area contributed by atoms with Crippen LogP contribution in [0.2, 0.25) is 0 Å². The number of hydrogen-bond acceptors (Lipinski definition) is 8. The molecule has 0 unspecified atom stereocenters. The summed E-state index contributed by atoms with van der Waals surface area (Å²) in [5.41, 5.74) is 1.82. The average molecular weight is 484 g/mol. The third-order valence-corrected chi connectivity index (χ3v) is 6.87. The smallest absolute Gasteiger partial charge is 0.339 e. The monoisotopic (exact) mass is 483 g/mol. The zero-order valence-corrected chi connectivity index (χ0v) is 20.1. The van der Waals surface area contributed by atoms with Crippen LogP contribution in [0.1, 0.15) is 29.7 Å². The molecule has 1 aromatic carbocycles. The summed E-state index contributed by atoms with van der Waals surface area (Å²) in [5.74, 6) is 0.102. The molecule has 2 aromatic heterocycles. The number of benzene rings is 1. The van der Waals surface area contributed by atoms with Crippen LogP contribution in [0, 0.1) is 18.3 Å². The van der Waals surface area contributed by atoms with Crippen molar-refractivity contribution in [3.8, 4) is 11.9 Å². The lowest BCUT2D eigenvalue weighted by Crippen LogP contribution is -2.57. The van der Waals surface area contributed by atoms with E-state index in [1.54, 1.807) is 36.5 Å². The standard InChI is InChI=1S/C26H25N7O3/c1-18-4-3-12-28-21(18)17-31-14-10-26(11-15-31)23(34)32(20-7-5-19(16-27)6-8-20)25(35)33(26)24-29-13-9-22(30-24)36-2/h3-9,12-13H,10-11,14-15,17H2,1-2H3. The maximum absolute atomic E-state index is 14.0. The van der Waals surface area contributed by atoms with Gasteiger partial charge in [0.25, 0.3) is 5.91 Å².